The summed E-state index contributed by atoms with van der Waals surface area (Å²) in [5.74, 6) is 0.0736. The molecule has 0 aliphatic rings. The number of hydrogen-bond acceptors (Lipinski definition) is 3. The fourth-order valence-corrected chi connectivity index (χ4v) is 3.64. The molecule has 0 saturated carbocycles. The van der Waals surface area contributed by atoms with E-state index in [9.17, 15) is 9.90 Å². The van der Waals surface area contributed by atoms with Gasteiger partial charge in [0.05, 0.1) is 21.6 Å². The van der Waals surface area contributed by atoms with Gasteiger partial charge in [0, 0.05) is 12.1 Å². The number of rotatable bonds is 6. The Hall–Kier alpha value is -1.27. The van der Waals surface area contributed by atoms with Crippen molar-refractivity contribution >= 4 is 45.0 Å². The van der Waals surface area contributed by atoms with Gasteiger partial charge in [-0.1, -0.05) is 53.5 Å². The highest BCUT2D eigenvalue weighted by molar-refractivity contribution is 9.10. The van der Waals surface area contributed by atoms with Crippen molar-refractivity contribution in [2.45, 2.75) is 19.1 Å². The van der Waals surface area contributed by atoms with E-state index in [1.807, 2.05) is 30.3 Å². The molecule has 2 unspecified atom stereocenters. The lowest BCUT2D eigenvalue weighted by Gasteiger charge is -2.29. The number of benzene rings is 2. The number of aliphatic hydroxyl groups excluding tert-OH is 1. The Morgan fingerprint density at radius 3 is 2.52 bits per heavy atom. The first-order chi connectivity index (χ1) is 11.8. The Morgan fingerprint density at radius 1 is 1.28 bits per heavy atom. The smallest absolute Gasteiger partial charge is 0.260 e. The van der Waals surface area contributed by atoms with E-state index < -0.39 is 12.1 Å². The predicted octanol–water partition coefficient (Wildman–Crippen LogP) is 4.72. The molecule has 4 nitrogen and oxygen atoms in total. The Kier molecular flexibility index (Phi) is 7.14. The van der Waals surface area contributed by atoms with Crippen molar-refractivity contribution in [2.24, 2.45) is 0 Å². The van der Waals surface area contributed by atoms with Crippen molar-refractivity contribution in [3.8, 4) is 5.75 Å². The fraction of sp³-hybridized carbons (Fsp3) is 0.278. The van der Waals surface area contributed by atoms with Crippen molar-refractivity contribution in [3.63, 3.8) is 0 Å². The number of aliphatic hydroxyl groups is 1. The molecule has 134 valence electrons. The SMILES string of the molecule is CC(C(O)c1ccccc1)N(C)C(=O)COc1c(Cl)cc(Cl)cc1Br. The topological polar surface area (TPSA) is 49.8 Å². The minimum absolute atomic E-state index is 0.206. The largest absolute Gasteiger partial charge is 0.481 e. The zero-order valence-electron chi connectivity index (χ0n) is 13.7. The van der Waals surface area contributed by atoms with Crippen molar-refractivity contribution in [1.29, 1.82) is 0 Å². The van der Waals surface area contributed by atoms with Gasteiger partial charge in [0.25, 0.3) is 5.91 Å². The van der Waals surface area contributed by atoms with Crippen molar-refractivity contribution in [3.05, 3.63) is 62.5 Å². The van der Waals surface area contributed by atoms with E-state index in [4.69, 9.17) is 27.9 Å². The fourth-order valence-electron chi connectivity index (χ4n) is 2.27. The summed E-state index contributed by atoms with van der Waals surface area (Å²) in [6.07, 6.45) is -0.791. The van der Waals surface area contributed by atoms with Gasteiger partial charge in [0.2, 0.25) is 0 Å². The summed E-state index contributed by atoms with van der Waals surface area (Å²) in [5.41, 5.74) is 0.749. The maximum Gasteiger partial charge on any atom is 0.260 e. The van der Waals surface area contributed by atoms with E-state index >= 15 is 0 Å². The van der Waals surface area contributed by atoms with E-state index in [0.29, 0.717) is 20.3 Å². The molecule has 2 aromatic carbocycles. The second-order valence-electron chi connectivity index (χ2n) is 5.59. The molecule has 1 N–H and O–H groups in total. The van der Waals surface area contributed by atoms with E-state index in [0.717, 1.165) is 5.56 Å². The first-order valence-corrected chi connectivity index (χ1v) is 9.12. The molecule has 0 saturated heterocycles. The third-order valence-corrected chi connectivity index (χ3v) is 4.99. The van der Waals surface area contributed by atoms with Gasteiger partial charge >= 0.3 is 0 Å². The monoisotopic (exact) mass is 445 g/mol. The first-order valence-electron chi connectivity index (χ1n) is 7.57. The molecule has 1 amide bonds. The van der Waals surface area contributed by atoms with Gasteiger partial charge in [-0.3, -0.25) is 4.79 Å². The zero-order chi connectivity index (χ0) is 18.6. The molecule has 2 atom stereocenters. The Balaban J connectivity index is 2.01. The van der Waals surface area contributed by atoms with Crippen LogP contribution in [-0.4, -0.2) is 35.6 Å². The molecule has 25 heavy (non-hydrogen) atoms. The summed E-state index contributed by atoms with van der Waals surface area (Å²) in [5, 5.41) is 11.2. The first kappa shape index (κ1) is 20.0. The molecule has 0 heterocycles. The third kappa shape index (κ3) is 5.11. The Labute approximate surface area is 165 Å². The van der Waals surface area contributed by atoms with Gasteiger partial charge in [-0.15, -0.1) is 0 Å². The van der Waals surface area contributed by atoms with Crippen LogP contribution in [0.5, 0.6) is 5.75 Å². The normalized spacial score (nSPS) is 13.2. The number of ether oxygens (including phenoxy) is 1. The average molecular weight is 447 g/mol. The predicted molar refractivity (Wildman–Crippen MR) is 103 cm³/mol. The van der Waals surface area contributed by atoms with Crippen LogP contribution >= 0.6 is 39.1 Å². The number of amides is 1. The maximum absolute atomic E-state index is 12.4. The van der Waals surface area contributed by atoms with Crippen LogP contribution in [0.2, 0.25) is 10.0 Å². The van der Waals surface area contributed by atoms with Crippen LogP contribution in [0.25, 0.3) is 0 Å². The molecular formula is C18H18BrCl2NO3. The number of carbonyl (C=O) groups excluding carboxylic acids is 1. The number of hydrogen-bond donors (Lipinski definition) is 1. The highest BCUT2D eigenvalue weighted by atomic mass is 79.9. The van der Waals surface area contributed by atoms with Crippen LogP contribution in [-0.2, 0) is 4.79 Å². The lowest BCUT2D eigenvalue weighted by Crippen LogP contribution is -2.41. The highest BCUT2D eigenvalue weighted by Gasteiger charge is 2.24. The highest BCUT2D eigenvalue weighted by Crippen LogP contribution is 2.36. The lowest BCUT2D eigenvalue weighted by atomic mass is 10.0. The molecule has 2 aromatic rings. The number of nitrogens with zero attached hydrogens (tertiary/aromatic N) is 1. The van der Waals surface area contributed by atoms with Crippen LogP contribution in [0.1, 0.15) is 18.6 Å². The van der Waals surface area contributed by atoms with Gasteiger partial charge in [-0.2, -0.15) is 0 Å². The molecule has 0 fully saturated rings. The third-order valence-electron chi connectivity index (χ3n) is 3.91. The minimum Gasteiger partial charge on any atom is -0.481 e. The molecule has 0 spiro atoms. The molecule has 0 aliphatic heterocycles. The second kappa shape index (κ2) is 8.90. The quantitative estimate of drug-likeness (QED) is 0.698. The van der Waals surface area contributed by atoms with Crippen LogP contribution in [0.4, 0.5) is 0 Å². The number of likely N-dealkylation sites (N-methyl/N-ethyl adjacent to an activating group) is 1. The van der Waals surface area contributed by atoms with Gasteiger partial charge in [-0.05, 0) is 40.5 Å². The summed E-state index contributed by atoms with van der Waals surface area (Å²) in [7, 11) is 1.63. The molecule has 0 radical (unpaired) electrons. The summed E-state index contributed by atoms with van der Waals surface area (Å²) >= 11 is 15.3. The van der Waals surface area contributed by atoms with Crippen molar-refractivity contribution < 1.29 is 14.6 Å². The molecule has 0 bridgehead atoms. The van der Waals surface area contributed by atoms with E-state index in [1.54, 1.807) is 26.1 Å². The van der Waals surface area contributed by atoms with Gasteiger partial charge < -0.3 is 14.7 Å². The van der Waals surface area contributed by atoms with Crippen LogP contribution in [0.3, 0.4) is 0 Å². The summed E-state index contributed by atoms with van der Waals surface area (Å²) in [6, 6.07) is 12.0. The van der Waals surface area contributed by atoms with Crippen molar-refractivity contribution in [2.75, 3.05) is 13.7 Å². The number of carbonyl (C=O) groups is 1. The Bertz CT molecular complexity index is 719. The second-order valence-corrected chi connectivity index (χ2v) is 7.29. The van der Waals surface area contributed by atoms with Crippen molar-refractivity contribution in [1.82, 2.24) is 4.90 Å². The minimum atomic E-state index is -0.791. The molecule has 0 aromatic heterocycles. The van der Waals surface area contributed by atoms with E-state index in [-0.39, 0.29) is 12.5 Å². The molecular weight excluding hydrogens is 429 g/mol. The van der Waals surface area contributed by atoms with Crippen LogP contribution in [0, 0.1) is 0 Å². The van der Waals surface area contributed by atoms with E-state index in [1.165, 1.54) is 4.90 Å². The summed E-state index contributed by atoms with van der Waals surface area (Å²) in [4.78, 5) is 13.8. The molecule has 7 heteroatoms. The van der Waals surface area contributed by atoms with Gasteiger partial charge in [-0.25, -0.2) is 0 Å². The lowest BCUT2D eigenvalue weighted by molar-refractivity contribution is -0.136. The van der Waals surface area contributed by atoms with Gasteiger partial charge in [0.1, 0.15) is 0 Å². The van der Waals surface area contributed by atoms with Crippen LogP contribution < -0.4 is 4.74 Å². The Morgan fingerprint density at radius 2 is 1.92 bits per heavy atom. The van der Waals surface area contributed by atoms with E-state index in [2.05, 4.69) is 15.9 Å². The number of halogens is 3. The standard InChI is InChI=1S/C18H18BrCl2NO3/c1-11(17(24)12-6-4-3-5-7-12)22(2)16(23)10-25-18-14(19)8-13(20)9-15(18)21/h3-9,11,17,24H,10H2,1-2H3. The zero-order valence-corrected chi connectivity index (χ0v) is 16.8. The van der Waals surface area contributed by atoms with Gasteiger partial charge in [0.15, 0.2) is 12.4 Å². The molecule has 0 aliphatic carbocycles. The van der Waals surface area contributed by atoms with Crippen LogP contribution in [0.15, 0.2) is 46.9 Å². The average Bonchev–Trinajstić information content (AvgIpc) is 2.59. The maximum atomic E-state index is 12.4. The summed E-state index contributed by atoms with van der Waals surface area (Å²) < 4.78 is 6.10. The summed E-state index contributed by atoms with van der Waals surface area (Å²) in [6.45, 7) is 1.57. The molecule has 2 rings (SSSR count).